The van der Waals surface area contributed by atoms with Crippen LogP contribution in [0.25, 0.3) is 0 Å². The summed E-state index contributed by atoms with van der Waals surface area (Å²) < 4.78 is 13.9. The van der Waals surface area contributed by atoms with Crippen LogP contribution in [0.1, 0.15) is 24.3 Å². The minimum atomic E-state index is -0.234. The summed E-state index contributed by atoms with van der Waals surface area (Å²) in [5.74, 6) is 0.0933. The van der Waals surface area contributed by atoms with E-state index in [0.717, 1.165) is 0 Å². The second-order valence-corrected chi connectivity index (χ2v) is 6.30. The lowest BCUT2D eigenvalue weighted by molar-refractivity contribution is 0.0740. The molecule has 0 aliphatic carbocycles. The number of halogens is 1. The lowest BCUT2D eigenvalue weighted by atomic mass is 10.2. The highest BCUT2D eigenvalue weighted by molar-refractivity contribution is 5.92. The SMILES string of the molecule is CC(C)Nc1nccc(C(=O)N2CCN(c3ccccc3F)CC2)n1. The Labute approximate surface area is 146 Å². The zero-order valence-electron chi connectivity index (χ0n) is 14.4. The molecule has 1 fully saturated rings. The van der Waals surface area contributed by atoms with Crippen molar-refractivity contribution in [1.82, 2.24) is 14.9 Å². The number of rotatable bonds is 4. The number of hydrogen-bond acceptors (Lipinski definition) is 5. The van der Waals surface area contributed by atoms with Crippen LogP contribution < -0.4 is 10.2 Å². The van der Waals surface area contributed by atoms with Crippen molar-refractivity contribution in [3.8, 4) is 0 Å². The number of anilines is 2. The van der Waals surface area contributed by atoms with E-state index >= 15 is 0 Å². The van der Waals surface area contributed by atoms with Crippen LogP contribution in [0.4, 0.5) is 16.0 Å². The summed E-state index contributed by atoms with van der Waals surface area (Å²) in [6.45, 7) is 6.22. The van der Waals surface area contributed by atoms with Crippen LogP contribution in [0.15, 0.2) is 36.5 Å². The van der Waals surface area contributed by atoms with Gasteiger partial charge in [-0.15, -0.1) is 0 Å². The van der Waals surface area contributed by atoms with Gasteiger partial charge in [0.05, 0.1) is 5.69 Å². The first-order valence-electron chi connectivity index (χ1n) is 8.43. The molecule has 2 aromatic rings. The highest BCUT2D eigenvalue weighted by atomic mass is 19.1. The van der Waals surface area contributed by atoms with Crippen molar-refractivity contribution in [2.24, 2.45) is 0 Å². The van der Waals surface area contributed by atoms with Gasteiger partial charge in [-0.3, -0.25) is 4.79 Å². The molecule has 1 N–H and O–H groups in total. The average Bonchev–Trinajstić information content (AvgIpc) is 2.61. The monoisotopic (exact) mass is 343 g/mol. The van der Waals surface area contributed by atoms with Gasteiger partial charge in [0, 0.05) is 38.4 Å². The molecule has 1 aliphatic heterocycles. The quantitative estimate of drug-likeness (QED) is 0.924. The number of carbonyl (C=O) groups excluding carboxylic acids is 1. The van der Waals surface area contributed by atoms with Crippen LogP contribution in [0, 0.1) is 5.82 Å². The van der Waals surface area contributed by atoms with Crippen LogP contribution in [-0.4, -0.2) is 53.0 Å². The number of nitrogens with zero attached hydrogens (tertiary/aromatic N) is 4. The van der Waals surface area contributed by atoms with Crippen molar-refractivity contribution in [3.05, 3.63) is 48.0 Å². The summed E-state index contributed by atoms with van der Waals surface area (Å²) in [6.07, 6.45) is 1.58. The summed E-state index contributed by atoms with van der Waals surface area (Å²) in [5.41, 5.74) is 0.956. The number of amides is 1. The van der Waals surface area contributed by atoms with Crippen LogP contribution in [0.2, 0.25) is 0 Å². The molecule has 1 saturated heterocycles. The molecule has 25 heavy (non-hydrogen) atoms. The highest BCUT2D eigenvalue weighted by Gasteiger charge is 2.24. The van der Waals surface area contributed by atoms with Gasteiger partial charge in [0.25, 0.3) is 5.91 Å². The summed E-state index contributed by atoms with van der Waals surface area (Å²) in [7, 11) is 0. The third kappa shape index (κ3) is 4.04. The topological polar surface area (TPSA) is 61.4 Å². The van der Waals surface area contributed by atoms with E-state index in [9.17, 15) is 9.18 Å². The van der Waals surface area contributed by atoms with Crippen LogP contribution in [0.3, 0.4) is 0 Å². The normalized spacial score (nSPS) is 14.7. The Bertz CT molecular complexity index is 744. The van der Waals surface area contributed by atoms with Gasteiger partial charge in [-0.1, -0.05) is 12.1 Å². The minimum Gasteiger partial charge on any atom is -0.366 e. The summed E-state index contributed by atoms with van der Waals surface area (Å²) in [5, 5.41) is 3.09. The number of para-hydroxylation sites is 1. The Morgan fingerprint density at radius 2 is 1.88 bits per heavy atom. The predicted molar refractivity (Wildman–Crippen MR) is 95.3 cm³/mol. The third-order valence-corrected chi connectivity index (χ3v) is 4.05. The molecule has 7 heteroatoms. The molecule has 1 aromatic carbocycles. The van der Waals surface area contributed by atoms with E-state index in [1.807, 2.05) is 24.8 Å². The largest absolute Gasteiger partial charge is 0.366 e. The van der Waals surface area contributed by atoms with Crippen molar-refractivity contribution in [1.29, 1.82) is 0 Å². The van der Waals surface area contributed by atoms with E-state index < -0.39 is 0 Å². The molecule has 0 spiro atoms. The van der Waals surface area contributed by atoms with E-state index in [0.29, 0.717) is 43.5 Å². The van der Waals surface area contributed by atoms with Crippen LogP contribution in [-0.2, 0) is 0 Å². The maximum absolute atomic E-state index is 13.9. The average molecular weight is 343 g/mol. The molecular formula is C18H22FN5O. The van der Waals surface area contributed by atoms with Gasteiger partial charge in [-0.25, -0.2) is 14.4 Å². The Hall–Kier alpha value is -2.70. The number of hydrogen-bond donors (Lipinski definition) is 1. The van der Waals surface area contributed by atoms with Crippen molar-refractivity contribution >= 4 is 17.5 Å². The Morgan fingerprint density at radius 3 is 2.56 bits per heavy atom. The molecule has 1 aliphatic rings. The van der Waals surface area contributed by atoms with E-state index in [2.05, 4.69) is 15.3 Å². The summed E-state index contributed by atoms with van der Waals surface area (Å²) >= 11 is 0. The Morgan fingerprint density at radius 1 is 1.16 bits per heavy atom. The van der Waals surface area contributed by atoms with Crippen LogP contribution in [0.5, 0.6) is 0 Å². The summed E-state index contributed by atoms with van der Waals surface area (Å²) in [6, 6.07) is 8.53. The lowest BCUT2D eigenvalue weighted by Gasteiger charge is -2.36. The Balaban J connectivity index is 1.65. The zero-order chi connectivity index (χ0) is 17.8. The van der Waals surface area contributed by atoms with E-state index in [-0.39, 0.29) is 17.8 Å². The maximum atomic E-state index is 13.9. The van der Waals surface area contributed by atoms with E-state index in [4.69, 9.17) is 0 Å². The molecule has 0 radical (unpaired) electrons. The predicted octanol–water partition coefficient (Wildman–Crippen LogP) is 2.40. The first kappa shape index (κ1) is 17.1. The van der Waals surface area contributed by atoms with Gasteiger partial charge in [-0.2, -0.15) is 0 Å². The minimum absolute atomic E-state index is 0.123. The molecule has 0 bridgehead atoms. The van der Waals surface area contributed by atoms with Crippen molar-refractivity contribution in [2.75, 3.05) is 36.4 Å². The van der Waals surface area contributed by atoms with E-state index in [1.54, 1.807) is 29.3 Å². The van der Waals surface area contributed by atoms with Crippen molar-refractivity contribution < 1.29 is 9.18 Å². The van der Waals surface area contributed by atoms with Gasteiger partial charge >= 0.3 is 0 Å². The van der Waals surface area contributed by atoms with Gasteiger partial charge in [0.15, 0.2) is 0 Å². The number of aromatic nitrogens is 2. The first-order valence-corrected chi connectivity index (χ1v) is 8.43. The molecule has 6 nitrogen and oxygen atoms in total. The number of carbonyl (C=O) groups is 1. The van der Waals surface area contributed by atoms with Gasteiger partial charge < -0.3 is 15.1 Å². The fraction of sp³-hybridized carbons (Fsp3) is 0.389. The molecule has 2 heterocycles. The molecular weight excluding hydrogens is 321 g/mol. The fourth-order valence-corrected chi connectivity index (χ4v) is 2.83. The third-order valence-electron chi connectivity index (χ3n) is 4.05. The van der Waals surface area contributed by atoms with Crippen molar-refractivity contribution in [3.63, 3.8) is 0 Å². The fourth-order valence-electron chi connectivity index (χ4n) is 2.83. The van der Waals surface area contributed by atoms with Crippen molar-refractivity contribution in [2.45, 2.75) is 19.9 Å². The second-order valence-electron chi connectivity index (χ2n) is 6.30. The van der Waals surface area contributed by atoms with Gasteiger partial charge in [0.2, 0.25) is 5.95 Å². The second kappa shape index (κ2) is 7.46. The maximum Gasteiger partial charge on any atom is 0.272 e. The van der Waals surface area contributed by atoms with E-state index in [1.165, 1.54) is 6.07 Å². The molecule has 0 unspecified atom stereocenters. The molecule has 3 rings (SSSR count). The molecule has 1 amide bonds. The smallest absolute Gasteiger partial charge is 0.272 e. The highest BCUT2D eigenvalue weighted by Crippen LogP contribution is 2.20. The summed E-state index contributed by atoms with van der Waals surface area (Å²) in [4.78, 5) is 24.8. The number of nitrogens with one attached hydrogen (secondary N) is 1. The molecule has 0 atom stereocenters. The van der Waals surface area contributed by atoms with Gasteiger partial charge in [0.1, 0.15) is 11.5 Å². The van der Waals surface area contributed by atoms with Crippen LogP contribution >= 0.6 is 0 Å². The molecule has 132 valence electrons. The Kier molecular flexibility index (Phi) is 5.11. The standard InChI is InChI=1S/C18H22FN5O/c1-13(2)21-18-20-8-7-15(22-18)17(25)24-11-9-23(10-12-24)16-6-4-3-5-14(16)19/h3-8,13H,9-12H2,1-2H3,(H,20,21,22). The van der Waals surface area contributed by atoms with Gasteiger partial charge in [-0.05, 0) is 32.0 Å². The lowest BCUT2D eigenvalue weighted by Crippen LogP contribution is -2.49. The number of piperazine rings is 1. The molecule has 0 saturated carbocycles. The number of benzene rings is 1. The molecule has 1 aromatic heterocycles. The zero-order valence-corrected chi connectivity index (χ0v) is 14.4. The first-order chi connectivity index (χ1) is 12.0.